The molecule has 17 heavy (non-hydrogen) atoms. The van der Waals surface area contributed by atoms with Gasteiger partial charge in [0.15, 0.2) is 0 Å². The quantitative estimate of drug-likeness (QED) is 0.629. The van der Waals surface area contributed by atoms with Gasteiger partial charge in [0.1, 0.15) is 11.4 Å². The summed E-state index contributed by atoms with van der Waals surface area (Å²) in [7, 11) is 1.54. The molecule has 1 heterocycles. The molecule has 1 aliphatic heterocycles. The van der Waals surface area contributed by atoms with Gasteiger partial charge >= 0.3 is 0 Å². The van der Waals surface area contributed by atoms with Gasteiger partial charge in [-0.3, -0.25) is 10.1 Å². The summed E-state index contributed by atoms with van der Waals surface area (Å²) in [5.74, 6) is 0.617. The average Bonchev–Trinajstić information content (AvgIpc) is 2.75. The van der Waals surface area contributed by atoms with Gasteiger partial charge in [0, 0.05) is 31.3 Å². The lowest BCUT2D eigenvalue weighted by Gasteiger charge is -2.18. The summed E-state index contributed by atoms with van der Waals surface area (Å²) in [6.45, 7) is 1.39. The summed E-state index contributed by atoms with van der Waals surface area (Å²) in [4.78, 5) is 12.5. The summed E-state index contributed by atoms with van der Waals surface area (Å²) in [5.41, 5.74) is 6.50. The van der Waals surface area contributed by atoms with Crippen LogP contribution in [0.1, 0.15) is 6.42 Å². The van der Waals surface area contributed by atoms with Gasteiger partial charge in [-0.2, -0.15) is 0 Å². The Bertz CT molecular complexity index is 436. The van der Waals surface area contributed by atoms with Crippen molar-refractivity contribution in [3.63, 3.8) is 0 Å². The van der Waals surface area contributed by atoms with Crippen molar-refractivity contribution in [2.24, 2.45) is 5.73 Å². The molecular formula is C11H15N3O3. The monoisotopic (exact) mass is 237 g/mol. The van der Waals surface area contributed by atoms with Crippen molar-refractivity contribution < 1.29 is 9.66 Å². The number of hydrogen-bond donors (Lipinski definition) is 1. The second kappa shape index (κ2) is 4.58. The third-order valence-corrected chi connectivity index (χ3v) is 2.94. The van der Waals surface area contributed by atoms with E-state index >= 15 is 0 Å². The summed E-state index contributed by atoms with van der Waals surface area (Å²) in [5, 5.41) is 11.0. The topological polar surface area (TPSA) is 81.6 Å². The zero-order valence-corrected chi connectivity index (χ0v) is 9.63. The first-order chi connectivity index (χ1) is 8.11. The van der Waals surface area contributed by atoms with Crippen LogP contribution in [0.3, 0.4) is 0 Å². The number of nitro groups is 1. The van der Waals surface area contributed by atoms with Gasteiger partial charge in [0.05, 0.1) is 12.0 Å². The first-order valence-electron chi connectivity index (χ1n) is 5.45. The molecule has 0 aliphatic carbocycles. The Labute approximate surface area is 99.1 Å². The second-order valence-electron chi connectivity index (χ2n) is 4.11. The van der Waals surface area contributed by atoms with E-state index in [9.17, 15) is 10.1 Å². The van der Waals surface area contributed by atoms with Gasteiger partial charge in [-0.15, -0.1) is 0 Å². The van der Waals surface area contributed by atoms with Gasteiger partial charge in [0.2, 0.25) is 0 Å². The lowest BCUT2D eigenvalue weighted by atomic mass is 10.2. The van der Waals surface area contributed by atoms with Gasteiger partial charge in [0.25, 0.3) is 5.69 Å². The van der Waals surface area contributed by atoms with E-state index in [1.54, 1.807) is 19.2 Å². The van der Waals surface area contributed by atoms with E-state index in [0.717, 1.165) is 13.0 Å². The Balaban J connectivity index is 2.38. The molecule has 1 aliphatic rings. The maximum atomic E-state index is 11.0. The Hall–Kier alpha value is -1.82. The highest BCUT2D eigenvalue weighted by molar-refractivity contribution is 5.66. The number of rotatable bonds is 3. The molecule has 92 valence electrons. The average molecular weight is 237 g/mol. The van der Waals surface area contributed by atoms with Gasteiger partial charge in [-0.1, -0.05) is 0 Å². The van der Waals surface area contributed by atoms with Gasteiger partial charge in [-0.25, -0.2) is 0 Å². The highest BCUT2D eigenvalue weighted by atomic mass is 16.6. The molecule has 0 amide bonds. The molecule has 0 bridgehead atoms. The molecule has 2 N–H and O–H groups in total. The van der Waals surface area contributed by atoms with E-state index < -0.39 is 0 Å². The third-order valence-electron chi connectivity index (χ3n) is 2.94. The standard InChI is InChI=1S/C11H15N3O3/c1-17-9-2-3-10(14(15)16)11(6-9)13-5-4-8(12)7-13/h2-3,6,8H,4-5,7,12H2,1H3. The second-order valence-corrected chi connectivity index (χ2v) is 4.11. The number of nitrogens with zero attached hydrogens (tertiary/aromatic N) is 2. The Kier molecular flexibility index (Phi) is 3.14. The number of benzene rings is 1. The molecule has 6 heteroatoms. The number of methoxy groups -OCH3 is 1. The molecule has 6 nitrogen and oxygen atoms in total. The number of hydrogen-bond acceptors (Lipinski definition) is 5. The van der Waals surface area contributed by atoms with E-state index in [-0.39, 0.29) is 16.7 Å². The van der Waals surface area contributed by atoms with Crippen LogP contribution in [0.5, 0.6) is 5.75 Å². The van der Waals surface area contributed by atoms with Crippen molar-refractivity contribution in [3.05, 3.63) is 28.3 Å². The summed E-state index contributed by atoms with van der Waals surface area (Å²) < 4.78 is 5.10. The van der Waals surface area contributed by atoms with Crippen molar-refractivity contribution in [1.82, 2.24) is 0 Å². The van der Waals surface area contributed by atoms with Crippen molar-refractivity contribution in [2.45, 2.75) is 12.5 Å². The van der Waals surface area contributed by atoms with E-state index in [2.05, 4.69) is 0 Å². The zero-order chi connectivity index (χ0) is 12.4. The fourth-order valence-electron chi connectivity index (χ4n) is 2.04. The van der Waals surface area contributed by atoms with Crippen LogP contribution in [-0.4, -0.2) is 31.2 Å². The molecule has 2 rings (SSSR count). The summed E-state index contributed by atoms with van der Waals surface area (Å²) >= 11 is 0. The molecule has 0 saturated carbocycles. The smallest absolute Gasteiger partial charge is 0.292 e. The molecule has 0 radical (unpaired) electrons. The van der Waals surface area contributed by atoms with Crippen molar-refractivity contribution in [3.8, 4) is 5.75 Å². The zero-order valence-electron chi connectivity index (χ0n) is 9.63. The molecule has 1 aromatic carbocycles. The van der Waals surface area contributed by atoms with Crippen LogP contribution in [0.2, 0.25) is 0 Å². The number of nitro benzene ring substituents is 1. The number of nitrogens with two attached hydrogens (primary N) is 1. The largest absolute Gasteiger partial charge is 0.497 e. The van der Waals surface area contributed by atoms with Crippen LogP contribution >= 0.6 is 0 Å². The maximum Gasteiger partial charge on any atom is 0.292 e. The molecular weight excluding hydrogens is 222 g/mol. The minimum atomic E-state index is -0.376. The highest BCUT2D eigenvalue weighted by Gasteiger charge is 2.26. The minimum Gasteiger partial charge on any atom is -0.497 e. The van der Waals surface area contributed by atoms with Crippen LogP contribution in [-0.2, 0) is 0 Å². The Morgan fingerprint density at radius 2 is 2.35 bits per heavy atom. The SMILES string of the molecule is COc1ccc([N+](=O)[O-])c(N2CCC(N)C2)c1. The molecule has 0 aromatic heterocycles. The van der Waals surface area contributed by atoms with Crippen molar-refractivity contribution >= 4 is 11.4 Å². The van der Waals surface area contributed by atoms with Crippen molar-refractivity contribution in [1.29, 1.82) is 0 Å². The van der Waals surface area contributed by atoms with Crippen LogP contribution in [0.15, 0.2) is 18.2 Å². The highest BCUT2D eigenvalue weighted by Crippen LogP contribution is 2.33. The number of anilines is 1. The lowest BCUT2D eigenvalue weighted by Crippen LogP contribution is -2.26. The maximum absolute atomic E-state index is 11.0. The minimum absolute atomic E-state index is 0.0841. The van der Waals surface area contributed by atoms with E-state index in [1.807, 2.05) is 4.90 Å². The molecule has 1 atom stereocenters. The Morgan fingerprint density at radius 1 is 1.59 bits per heavy atom. The normalized spacial score (nSPS) is 19.4. The molecule has 0 spiro atoms. The third kappa shape index (κ3) is 2.31. The van der Waals surface area contributed by atoms with E-state index in [1.165, 1.54) is 6.07 Å². The fraction of sp³-hybridized carbons (Fsp3) is 0.455. The van der Waals surface area contributed by atoms with Gasteiger partial charge in [-0.05, 0) is 12.5 Å². The van der Waals surface area contributed by atoms with E-state index in [0.29, 0.717) is 18.0 Å². The van der Waals surface area contributed by atoms with Crippen molar-refractivity contribution in [2.75, 3.05) is 25.1 Å². The predicted molar refractivity (Wildman–Crippen MR) is 64.5 cm³/mol. The first-order valence-corrected chi connectivity index (χ1v) is 5.45. The van der Waals surface area contributed by atoms with Crippen LogP contribution < -0.4 is 15.4 Å². The fourth-order valence-corrected chi connectivity index (χ4v) is 2.04. The first kappa shape index (κ1) is 11.7. The predicted octanol–water partition coefficient (Wildman–Crippen LogP) is 1.14. The molecule has 1 aromatic rings. The van der Waals surface area contributed by atoms with Crippen LogP contribution in [0.25, 0.3) is 0 Å². The molecule has 1 saturated heterocycles. The molecule has 1 fully saturated rings. The lowest BCUT2D eigenvalue weighted by molar-refractivity contribution is -0.384. The van der Waals surface area contributed by atoms with Crippen LogP contribution in [0, 0.1) is 10.1 Å². The van der Waals surface area contributed by atoms with Gasteiger partial charge < -0.3 is 15.4 Å². The Morgan fingerprint density at radius 3 is 2.88 bits per heavy atom. The van der Waals surface area contributed by atoms with Crippen LogP contribution in [0.4, 0.5) is 11.4 Å². The summed E-state index contributed by atoms with van der Waals surface area (Å²) in [6.07, 6.45) is 0.856. The molecule has 1 unspecified atom stereocenters. The summed E-state index contributed by atoms with van der Waals surface area (Å²) in [6, 6.07) is 4.84. The van der Waals surface area contributed by atoms with E-state index in [4.69, 9.17) is 10.5 Å². The number of ether oxygens (including phenoxy) is 1.